The minimum absolute atomic E-state index is 0.0121. The van der Waals surface area contributed by atoms with Crippen LogP contribution >= 0.6 is 0 Å². The molecule has 4 rings (SSSR count). The SMILES string of the molecule is C[C@H]1CCN(C)c2ccccc2N1C(=O)c1ccc(NC2CC2)c([N+](=O)[O-])c1. The number of hydrogen-bond donors (Lipinski definition) is 1. The van der Waals surface area contributed by atoms with Gasteiger partial charge in [-0.3, -0.25) is 14.9 Å². The van der Waals surface area contributed by atoms with Crippen molar-refractivity contribution >= 4 is 28.7 Å². The molecule has 0 radical (unpaired) electrons. The molecule has 1 amide bonds. The summed E-state index contributed by atoms with van der Waals surface area (Å²) in [5.74, 6) is -0.212. The van der Waals surface area contributed by atoms with Crippen LogP contribution in [0.3, 0.4) is 0 Å². The number of rotatable bonds is 4. The van der Waals surface area contributed by atoms with Crippen molar-refractivity contribution in [2.75, 3.05) is 28.7 Å². The summed E-state index contributed by atoms with van der Waals surface area (Å²) in [6.07, 6.45) is 2.86. The third-order valence-corrected chi connectivity index (χ3v) is 5.47. The highest BCUT2D eigenvalue weighted by Gasteiger charge is 2.31. The normalized spacial score (nSPS) is 19.0. The number of nitro benzene ring substituents is 1. The Bertz CT molecular complexity index is 926. The first-order chi connectivity index (χ1) is 13.5. The number of nitrogens with one attached hydrogen (secondary N) is 1. The molecule has 1 atom stereocenters. The van der Waals surface area contributed by atoms with E-state index in [2.05, 4.69) is 10.2 Å². The van der Waals surface area contributed by atoms with Gasteiger partial charge in [0.2, 0.25) is 0 Å². The fraction of sp³-hybridized carbons (Fsp3) is 0.381. The molecule has 0 bridgehead atoms. The van der Waals surface area contributed by atoms with E-state index in [9.17, 15) is 14.9 Å². The largest absolute Gasteiger partial charge is 0.377 e. The lowest BCUT2D eigenvalue weighted by atomic mass is 10.1. The summed E-state index contributed by atoms with van der Waals surface area (Å²) in [5, 5.41) is 14.7. The van der Waals surface area contributed by atoms with E-state index in [0.717, 1.165) is 37.2 Å². The number of benzene rings is 2. The van der Waals surface area contributed by atoms with Gasteiger partial charge in [-0.1, -0.05) is 12.1 Å². The van der Waals surface area contributed by atoms with Gasteiger partial charge in [-0.15, -0.1) is 0 Å². The second-order valence-electron chi connectivity index (χ2n) is 7.63. The average Bonchev–Trinajstić information content (AvgIpc) is 3.51. The van der Waals surface area contributed by atoms with Gasteiger partial charge in [-0.05, 0) is 50.5 Å². The first kappa shape index (κ1) is 18.3. The molecule has 0 unspecified atom stereocenters. The minimum atomic E-state index is -0.422. The van der Waals surface area contributed by atoms with Crippen molar-refractivity contribution in [1.82, 2.24) is 0 Å². The van der Waals surface area contributed by atoms with Crippen LogP contribution in [0.2, 0.25) is 0 Å². The molecule has 1 heterocycles. The van der Waals surface area contributed by atoms with Gasteiger partial charge in [0.1, 0.15) is 5.69 Å². The van der Waals surface area contributed by atoms with Crippen LogP contribution in [0.4, 0.5) is 22.7 Å². The van der Waals surface area contributed by atoms with E-state index in [1.165, 1.54) is 6.07 Å². The van der Waals surface area contributed by atoms with E-state index in [0.29, 0.717) is 17.3 Å². The van der Waals surface area contributed by atoms with Crippen LogP contribution in [0.5, 0.6) is 0 Å². The molecule has 0 spiro atoms. The van der Waals surface area contributed by atoms with Crippen LogP contribution in [0.1, 0.15) is 36.5 Å². The topological polar surface area (TPSA) is 78.7 Å². The lowest BCUT2D eigenvalue weighted by molar-refractivity contribution is -0.384. The van der Waals surface area contributed by atoms with Gasteiger partial charge in [-0.25, -0.2) is 0 Å². The minimum Gasteiger partial charge on any atom is -0.377 e. The zero-order chi connectivity index (χ0) is 19.8. The highest BCUT2D eigenvalue weighted by molar-refractivity contribution is 6.09. The van der Waals surface area contributed by atoms with Gasteiger partial charge in [0.05, 0.1) is 16.3 Å². The Morgan fingerprint density at radius 3 is 2.54 bits per heavy atom. The predicted molar refractivity (Wildman–Crippen MR) is 110 cm³/mol. The molecule has 7 nitrogen and oxygen atoms in total. The van der Waals surface area contributed by atoms with Crippen LogP contribution in [-0.4, -0.2) is 36.5 Å². The van der Waals surface area contributed by atoms with Crippen molar-refractivity contribution in [3.8, 4) is 0 Å². The van der Waals surface area contributed by atoms with Crippen molar-refractivity contribution < 1.29 is 9.72 Å². The summed E-state index contributed by atoms with van der Waals surface area (Å²) < 4.78 is 0. The van der Waals surface area contributed by atoms with Crippen molar-refractivity contribution in [2.24, 2.45) is 0 Å². The average molecular weight is 380 g/mol. The van der Waals surface area contributed by atoms with Crippen molar-refractivity contribution in [3.63, 3.8) is 0 Å². The van der Waals surface area contributed by atoms with Gasteiger partial charge in [0.15, 0.2) is 0 Å². The van der Waals surface area contributed by atoms with Gasteiger partial charge in [-0.2, -0.15) is 0 Å². The summed E-state index contributed by atoms with van der Waals surface area (Å²) >= 11 is 0. The van der Waals surface area contributed by atoms with Crippen molar-refractivity contribution in [2.45, 2.75) is 38.3 Å². The molecule has 0 saturated heterocycles. The zero-order valence-corrected chi connectivity index (χ0v) is 16.1. The highest BCUT2D eigenvalue weighted by atomic mass is 16.6. The number of fused-ring (bicyclic) bond motifs is 1. The highest BCUT2D eigenvalue weighted by Crippen LogP contribution is 2.36. The molecule has 2 aromatic carbocycles. The molecule has 1 aliphatic heterocycles. The second-order valence-corrected chi connectivity index (χ2v) is 7.63. The first-order valence-electron chi connectivity index (χ1n) is 9.64. The Morgan fingerprint density at radius 1 is 1.14 bits per heavy atom. The second kappa shape index (κ2) is 7.14. The molecular weight excluding hydrogens is 356 g/mol. The van der Waals surface area contributed by atoms with E-state index in [1.807, 2.05) is 38.2 Å². The number of anilines is 3. The Labute approximate surface area is 164 Å². The third kappa shape index (κ3) is 3.40. The summed E-state index contributed by atoms with van der Waals surface area (Å²) in [6.45, 7) is 2.86. The summed E-state index contributed by atoms with van der Waals surface area (Å²) in [6, 6.07) is 12.8. The molecule has 28 heavy (non-hydrogen) atoms. The fourth-order valence-corrected chi connectivity index (χ4v) is 3.69. The zero-order valence-electron chi connectivity index (χ0n) is 16.1. The van der Waals surface area contributed by atoms with Crippen molar-refractivity contribution in [3.05, 3.63) is 58.1 Å². The van der Waals surface area contributed by atoms with E-state index >= 15 is 0 Å². The number of para-hydroxylation sites is 2. The van der Waals surface area contributed by atoms with E-state index in [-0.39, 0.29) is 17.6 Å². The maximum absolute atomic E-state index is 13.4. The van der Waals surface area contributed by atoms with E-state index in [1.54, 1.807) is 17.0 Å². The molecule has 2 aromatic rings. The quantitative estimate of drug-likeness (QED) is 0.640. The Balaban J connectivity index is 1.72. The fourth-order valence-electron chi connectivity index (χ4n) is 3.69. The summed E-state index contributed by atoms with van der Waals surface area (Å²) in [4.78, 5) is 28.5. The Hall–Kier alpha value is -3.09. The van der Waals surface area contributed by atoms with Crippen LogP contribution in [0.15, 0.2) is 42.5 Å². The predicted octanol–water partition coefficient (Wildman–Crippen LogP) is 4.04. The number of carbonyl (C=O) groups is 1. The van der Waals surface area contributed by atoms with Gasteiger partial charge in [0, 0.05) is 37.3 Å². The number of amides is 1. The van der Waals surface area contributed by atoms with Crippen LogP contribution in [-0.2, 0) is 0 Å². The molecule has 146 valence electrons. The Morgan fingerprint density at radius 2 is 1.86 bits per heavy atom. The van der Waals surface area contributed by atoms with Gasteiger partial charge in [0.25, 0.3) is 11.6 Å². The maximum Gasteiger partial charge on any atom is 0.293 e. The molecule has 1 fully saturated rings. The molecule has 1 N–H and O–H groups in total. The molecule has 1 saturated carbocycles. The lowest BCUT2D eigenvalue weighted by Crippen LogP contribution is -2.38. The number of nitro groups is 1. The molecule has 2 aliphatic rings. The number of hydrogen-bond acceptors (Lipinski definition) is 5. The smallest absolute Gasteiger partial charge is 0.293 e. The molecule has 0 aromatic heterocycles. The lowest BCUT2D eigenvalue weighted by Gasteiger charge is -2.28. The number of carbonyl (C=O) groups excluding carboxylic acids is 1. The molecular formula is C21H24N4O3. The number of nitrogens with zero attached hydrogens (tertiary/aromatic N) is 3. The van der Waals surface area contributed by atoms with Crippen molar-refractivity contribution in [1.29, 1.82) is 0 Å². The van der Waals surface area contributed by atoms with E-state index < -0.39 is 4.92 Å². The van der Waals surface area contributed by atoms with Gasteiger partial charge >= 0.3 is 0 Å². The van der Waals surface area contributed by atoms with E-state index in [4.69, 9.17) is 0 Å². The monoisotopic (exact) mass is 380 g/mol. The van der Waals surface area contributed by atoms with Gasteiger partial charge < -0.3 is 15.1 Å². The Kier molecular flexibility index (Phi) is 4.66. The maximum atomic E-state index is 13.4. The van der Waals surface area contributed by atoms with Crippen LogP contribution in [0, 0.1) is 10.1 Å². The summed E-state index contributed by atoms with van der Waals surface area (Å²) in [5.41, 5.74) is 2.59. The standard InChI is InChI=1S/C21H24N4O3/c1-14-11-12-23(2)18-5-3-4-6-19(18)24(14)21(26)15-7-10-17(22-16-8-9-16)20(13-15)25(27)28/h3-7,10,13-14,16,22H,8-9,11-12H2,1-2H3/t14-/m0/s1. The first-order valence-corrected chi connectivity index (χ1v) is 9.64. The van der Waals surface area contributed by atoms with Crippen LogP contribution in [0.25, 0.3) is 0 Å². The third-order valence-electron chi connectivity index (χ3n) is 5.47. The van der Waals surface area contributed by atoms with Crippen LogP contribution < -0.4 is 15.1 Å². The summed E-state index contributed by atoms with van der Waals surface area (Å²) in [7, 11) is 2.02. The molecule has 7 heteroatoms. The molecule has 1 aliphatic carbocycles.